The van der Waals surface area contributed by atoms with Gasteiger partial charge in [0, 0.05) is 6.04 Å². The quantitative estimate of drug-likeness (QED) is 0.811. The number of carboxylic acid groups (broad SMARTS) is 1. The molecular weight excluding hydrogens is 194 g/mol. The predicted molar refractivity (Wildman–Crippen MR) is 56.9 cm³/mol. The van der Waals surface area contributed by atoms with Crippen molar-refractivity contribution in [2.45, 2.75) is 33.4 Å². The number of carboxylic acids is 1. The molecule has 1 heterocycles. The van der Waals surface area contributed by atoms with Crippen LogP contribution >= 0.6 is 0 Å². The highest BCUT2D eigenvalue weighted by Gasteiger charge is 2.12. The van der Waals surface area contributed by atoms with Gasteiger partial charge in [0.25, 0.3) is 0 Å². The average molecular weight is 211 g/mol. The maximum Gasteiger partial charge on any atom is 0.338 e. The van der Waals surface area contributed by atoms with Crippen LogP contribution in [0.15, 0.2) is 16.7 Å². The zero-order valence-corrected chi connectivity index (χ0v) is 9.36. The van der Waals surface area contributed by atoms with Gasteiger partial charge in [-0.15, -0.1) is 0 Å². The van der Waals surface area contributed by atoms with Crippen molar-refractivity contribution in [2.75, 3.05) is 6.54 Å². The number of rotatable bonds is 5. The van der Waals surface area contributed by atoms with Gasteiger partial charge in [-0.05, 0) is 26.5 Å². The molecule has 4 nitrogen and oxygen atoms in total. The summed E-state index contributed by atoms with van der Waals surface area (Å²) in [6.07, 6.45) is 1.28. The Balaban J connectivity index is 2.67. The van der Waals surface area contributed by atoms with E-state index in [1.807, 2.05) is 0 Å². The average Bonchev–Trinajstić information content (AvgIpc) is 2.61. The van der Waals surface area contributed by atoms with E-state index < -0.39 is 5.97 Å². The second-order valence-electron chi connectivity index (χ2n) is 3.76. The van der Waals surface area contributed by atoms with Crippen molar-refractivity contribution in [3.05, 3.63) is 23.7 Å². The summed E-state index contributed by atoms with van der Waals surface area (Å²) >= 11 is 0. The zero-order valence-electron chi connectivity index (χ0n) is 9.36. The summed E-state index contributed by atoms with van der Waals surface area (Å²) in [5.74, 6) is -0.249. The molecule has 0 amide bonds. The third-order valence-corrected chi connectivity index (χ3v) is 2.40. The van der Waals surface area contributed by atoms with Gasteiger partial charge in [-0.3, -0.25) is 4.90 Å². The maximum atomic E-state index is 10.6. The highest BCUT2D eigenvalue weighted by molar-refractivity contribution is 5.87. The summed E-state index contributed by atoms with van der Waals surface area (Å²) in [7, 11) is 0. The molecule has 0 fully saturated rings. The fourth-order valence-corrected chi connectivity index (χ4v) is 1.44. The molecule has 1 aromatic heterocycles. The molecule has 0 aliphatic rings. The van der Waals surface area contributed by atoms with E-state index in [9.17, 15) is 4.79 Å². The van der Waals surface area contributed by atoms with Crippen molar-refractivity contribution in [1.29, 1.82) is 0 Å². The molecule has 1 rings (SSSR count). The highest BCUT2D eigenvalue weighted by Crippen LogP contribution is 2.12. The summed E-state index contributed by atoms with van der Waals surface area (Å²) in [5, 5.41) is 8.73. The van der Waals surface area contributed by atoms with E-state index in [1.165, 1.54) is 6.26 Å². The minimum absolute atomic E-state index is 0.213. The second-order valence-corrected chi connectivity index (χ2v) is 3.76. The van der Waals surface area contributed by atoms with Crippen LogP contribution in [0.25, 0.3) is 0 Å². The number of furan rings is 1. The predicted octanol–water partition coefficient (Wildman–Crippen LogP) is 2.21. The van der Waals surface area contributed by atoms with E-state index in [4.69, 9.17) is 9.52 Å². The van der Waals surface area contributed by atoms with Gasteiger partial charge in [-0.1, -0.05) is 6.92 Å². The van der Waals surface area contributed by atoms with Gasteiger partial charge in [0.2, 0.25) is 0 Å². The summed E-state index contributed by atoms with van der Waals surface area (Å²) < 4.78 is 5.19. The lowest BCUT2D eigenvalue weighted by Crippen LogP contribution is -2.29. The van der Waals surface area contributed by atoms with Gasteiger partial charge in [0.15, 0.2) is 0 Å². The standard InChI is InChI=1S/C11H17NO3/c1-4-12(8(2)3)6-10-5-9(7-15-10)11(13)14/h5,7-8H,4,6H2,1-3H3,(H,13,14). The summed E-state index contributed by atoms with van der Waals surface area (Å²) in [6, 6.07) is 2.00. The Bertz CT molecular complexity index is 330. The Morgan fingerprint density at radius 2 is 2.27 bits per heavy atom. The van der Waals surface area contributed by atoms with Crippen molar-refractivity contribution in [3.8, 4) is 0 Å². The molecule has 1 aromatic rings. The van der Waals surface area contributed by atoms with Crippen molar-refractivity contribution in [1.82, 2.24) is 4.90 Å². The van der Waals surface area contributed by atoms with Crippen LogP contribution in [0.3, 0.4) is 0 Å². The maximum absolute atomic E-state index is 10.6. The lowest BCUT2D eigenvalue weighted by Gasteiger charge is -2.23. The number of hydrogen-bond donors (Lipinski definition) is 1. The molecule has 0 spiro atoms. The van der Waals surface area contributed by atoms with Crippen molar-refractivity contribution < 1.29 is 14.3 Å². The lowest BCUT2D eigenvalue weighted by molar-refractivity contribution is 0.0696. The molecule has 0 aliphatic carbocycles. The normalized spacial score (nSPS) is 11.3. The van der Waals surface area contributed by atoms with Gasteiger partial charge in [-0.25, -0.2) is 4.79 Å². The third-order valence-electron chi connectivity index (χ3n) is 2.40. The van der Waals surface area contributed by atoms with Crippen molar-refractivity contribution >= 4 is 5.97 Å². The van der Waals surface area contributed by atoms with E-state index in [0.717, 1.165) is 6.54 Å². The summed E-state index contributed by atoms with van der Waals surface area (Å²) in [6.45, 7) is 7.85. The Morgan fingerprint density at radius 1 is 1.60 bits per heavy atom. The van der Waals surface area contributed by atoms with Gasteiger partial charge in [0.05, 0.1) is 12.1 Å². The van der Waals surface area contributed by atoms with Crippen LogP contribution in [-0.4, -0.2) is 28.6 Å². The van der Waals surface area contributed by atoms with E-state index in [2.05, 4.69) is 25.7 Å². The van der Waals surface area contributed by atoms with Crippen LogP contribution in [0.1, 0.15) is 36.9 Å². The Labute approximate surface area is 89.5 Å². The van der Waals surface area contributed by atoms with E-state index >= 15 is 0 Å². The Morgan fingerprint density at radius 3 is 2.67 bits per heavy atom. The summed E-state index contributed by atoms with van der Waals surface area (Å²) in [4.78, 5) is 12.8. The lowest BCUT2D eigenvalue weighted by atomic mass is 10.2. The molecule has 0 saturated heterocycles. The zero-order chi connectivity index (χ0) is 11.4. The first-order valence-electron chi connectivity index (χ1n) is 5.09. The molecule has 4 heteroatoms. The van der Waals surface area contributed by atoms with Crippen LogP contribution in [0, 0.1) is 0 Å². The van der Waals surface area contributed by atoms with Crippen molar-refractivity contribution in [2.24, 2.45) is 0 Å². The molecular formula is C11H17NO3. The Hall–Kier alpha value is -1.29. The van der Waals surface area contributed by atoms with Gasteiger partial charge in [0.1, 0.15) is 12.0 Å². The summed E-state index contributed by atoms with van der Waals surface area (Å²) in [5.41, 5.74) is 0.213. The van der Waals surface area contributed by atoms with Gasteiger partial charge < -0.3 is 9.52 Å². The first kappa shape index (κ1) is 11.8. The van der Waals surface area contributed by atoms with E-state index in [1.54, 1.807) is 6.07 Å². The van der Waals surface area contributed by atoms with Crippen LogP contribution in [0.2, 0.25) is 0 Å². The minimum atomic E-state index is -0.947. The van der Waals surface area contributed by atoms with E-state index in [0.29, 0.717) is 18.3 Å². The number of aromatic carboxylic acids is 1. The SMILES string of the molecule is CCN(Cc1cc(C(=O)O)co1)C(C)C. The highest BCUT2D eigenvalue weighted by atomic mass is 16.4. The molecule has 15 heavy (non-hydrogen) atoms. The molecule has 0 bridgehead atoms. The number of carbonyl (C=O) groups is 1. The van der Waals surface area contributed by atoms with Gasteiger partial charge in [-0.2, -0.15) is 0 Å². The second kappa shape index (κ2) is 4.98. The fraction of sp³-hybridized carbons (Fsp3) is 0.545. The molecule has 0 saturated carbocycles. The number of hydrogen-bond acceptors (Lipinski definition) is 3. The van der Waals surface area contributed by atoms with Crippen LogP contribution in [-0.2, 0) is 6.54 Å². The first-order valence-corrected chi connectivity index (χ1v) is 5.09. The molecule has 0 aromatic carbocycles. The largest absolute Gasteiger partial charge is 0.478 e. The topological polar surface area (TPSA) is 53.7 Å². The van der Waals surface area contributed by atoms with Crippen molar-refractivity contribution in [3.63, 3.8) is 0 Å². The monoisotopic (exact) mass is 211 g/mol. The molecule has 0 radical (unpaired) electrons. The molecule has 0 atom stereocenters. The number of nitrogens with zero attached hydrogens (tertiary/aromatic N) is 1. The molecule has 0 unspecified atom stereocenters. The fourth-order valence-electron chi connectivity index (χ4n) is 1.44. The first-order chi connectivity index (χ1) is 7.04. The smallest absolute Gasteiger partial charge is 0.338 e. The molecule has 84 valence electrons. The molecule has 1 N–H and O–H groups in total. The third kappa shape index (κ3) is 3.09. The van der Waals surface area contributed by atoms with Crippen LogP contribution in [0.4, 0.5) is 0 Å². The van der Waals surface area contributed by atoms with Gasteiger partial charge >= 0.3 is 5.97 Å². The molecule has 0 aliphatic heterocycles. The van der Waals surface area contributed by atoms with Crippen LogP contribution in [0.5, 0.6) is 0 Å². The Kier molecular flexibility index (Phi) is 3.91. The van der Waals surface area contributed by atoms with Crippen LogP contribution < -0.4 is 0 Å². The van der Waals surface area contributed by atoms with E-state index in [-0.39, 0.29) is 5.56 Å². The minimum Gasteiger partial charge on any atom is -0.478 e.